The van der Waals surface area contributed by atoms with E-state index in [9.17, 15) is 0 Å². The third-order valence-corrected chi connectivity index (χ3v) is 11.8. The molecule has 282 valence electrons. The van der Waals surface area contributed by atoms with Gasteiger partial charge in [-0.1, -0.05) is 182 Å². The Kier molecular flexibility index (Phi) is 8.87. The van der Waals surface area contributed by atoms with Crippen molar-refractivity contribution in [3.8, 4) is 50.2 Å². The molecule has 10 aromatic carbocycles. The molecule has 0 aliphatic rings. The molecular weight excluding hydrogens is 725 g/mol. The number of rotatable bonds is 8. The molecule has 0 amide bonds. The third-order valence-electron chi connectivity index (χ3n) is 11.8. The predicted molar refractivity (Wildman–Crippen MR) is 255 cm³/mol. The lowest BCUT2D eigenvalue weighted by atomic mass is 9.99. The molecule has 1 heterocycles. The topological polar surface area (TPSA) is 8.17 Å². The zero-order valence-electron chi connectivity index (χ0n) is 33.0. The maximum atomic E-state index is 2.42. The van der Waals surface area contributed by atoms with Gasteiger partial charge in [0.1, 0.15) is 0 Å². The number of nitrogens with zero attached hydrogens (tertiary/aromatic N) is 2. The van der Waals surface area contributed by atoms with E-state index in [-0.39, 0.29) is 0 Å². The fourth-order valence-electron chi connectivity index (χ4n) is 8.75. The summed E-state index contributed by atoms with van der Waals surface area (Å²) in [7, 11) is 0. The van der Waals surface area contributed by atoms with E-state index in [1.54, 1.807) is 0 Å². The summed E-state index contributed by atoms with van der Waals surface area (Å²) in [5, 5.41) is 4.98. The lowest BCUT2D eigenvalue weighted by Gasteiger charge is -2.27. The summed E-state index contributed by atoms with van der Waals surface area (Å²) in [6.07, 6.45) is 0. The average molecular weight is 765 g/mol. The van der Waals surface area contributed by atoms with Gasteiger partial charge in [-0.15, -0.1) is 0 Å². The van der Waals surface area contributed by atoms with E-state index in [2.05, 4.69) is 252 Å². The minimum atomic E-state index is 1.08. The number of hydrogen-bond acceptors (Lipinski definition) is 1. The molecule has 1 aromatic heterocycles. The predicted octanol–water partition coefficient (Wildman–Crippen LogP) is 16.1. The van der Waals surface area contributed by atoms with Gasteiger partial charge < -0.3 is 9.47 Å². The molecule has 60 heavy (non-hydrogen) atoms. The molecule has 0 N–H and O–H groups in total. The first-order chi connectivity index (χ1) is 29.7. The Balaban J connectivity index is 1.02. The maximum Gasteiger partial charge on any atom is 0.0547 e. The van der Waals surface area contributed by atoms with Crippen LogP contribution in [-0.4, -0.2) is 4.57 Å². The van der Waals surface area contributed by atoms with Gasteiger partial charge >= 0.3 is 0 Å². The van der Waals surface area contributed by atoms with Crippen LogP contribution in [0.3, 0.4) is 0 Å². The average Bonchev–Trinajstić information content (AvgIpc) is 3.65. The van der Waals surface area contributed by atoms with Crippen molar-refractivity contribution in [2.75, 3.05) is 4.90 Å². The molecule has 11 rings (SSSR count). The van der Waals surface area contributed by atoms with Crippen LogP contribution >= 0.6 is 0 Å². The Hall–Kier alpha value is -7.94. The van der Waals surface area contributed by atoms with Crippen LogP contribution in [0.4, 0.5) is 17.1 Å². The van der Waals surface area contributed by atoms with E-state index in [0.29, 0.717) is 0 Å². The Morgan fingerprint density at radius 1 is 0.250 bits per heavy atom. The highest BCUT2D eigenvalue weighted by Crippen LogP contribution is 2.41. The van der Waals surface area contributed by atoms with Gasteiger partial charge in [0.05, 0.1) is 11.0 Å². The molecule has 0 unspecified atom stereocenters. The quantitative estimate of drug-likeness (QED) is 0.150. The maximum absolute atomic E-state index is 2.42. The van der Waals surface area contributed by atoms with E-state index >= 15 is 0 Å². The van der Waals surface area contributed by atoms with Crippen molar-refractivity contribution in [2.24, 2.45) is 0 Å². The summed E-state index contributed by atoms with van der Waals surface area (Å²) >= 11 is 0. The number of anilines is 3. The van der Waals surface area contributed by atoms with Gasteiger partial charge in [0.25, 0.3) is 0 Å². The second-order valence-electron chi connectivity index (χ2n) is 15.4. The number of benzene rings is 10. The van der Waals surface area contributed by atoms with Crippen molar-refractivity contribution in [1.29, 1.82) is 0 Å². The Morgan fingerprint density at radius 3 is 1.32 bits per heavy atom. The molecule has 0 bridgehead atoms. The zero-order chi connectivity index (χ0) is 39.8. The van der Waals surface area contributed by atoms with Crippen molar-refractivity contribution in [1.82, 2.24) is 4.57 Å². The molecule has 2 nitrogen and oxygen atoms in total. The first kappa shape index (κ1) is 35.2. The largest absolute Gasteiger partial charge is 0.310 e. The summed E-state index contributed by atoms with van der Waals surface area (Å²) in [5.74, 6) is 0. The van der Waals surface area contributed by atoms with E-state index in [4.69, 9.17) is 0 Å². The summed E-state index contributed by atoms with van der Waals surface area (Å²) in [5.41, 5.74) is 16.3. The SMILES string of the molecule is c1ccc(-c2ccc(-c3ccc(N(c4cccc(-c5ccc(-c6ccccc6)cc5)c4)c4cccc(-n5c6ccccc6c6cc7ccccc7cc65)c4)cc3)cc2)cc1. The minimum Gasteiger partial charge on any atom is -0.310 e. The molecule has 0 fully saturated rings. The molecule has 0 saturated carbocycles. The standard InChI is InChI=1S/C58H40N2/c1-3-13-41(14-4-1)43-25-27-45(28-26-43)46-33-35-51(36-34-46)59(52-20-11-19-48(37-52)47-31-29-44(30-32-47)42-15-5-2-6-16-42)53-21-12-22-54(40-53)60-57-24-10-9-23-55(57)56-38-49-17-7-8-18-50(49)39-58(56)60/h1-40H. The van der Waals surface area contributed by atoms with Crippen molar-refractivity contribution < 1.29 is 0 Å². The second-order valence-corrected chi connectivity index (χ2v) is 15.4. The van der Waals surface area contributed by atoms with Gasteiger partial charge in [-0.3, -0.25) is 0 Å². The normalized spacial score (nSPS) is 11.3. The molecule has 0 saturated heterocycles. The number of aromatic nitrogens is 1. The lowest BCUT2D eigenvalue weighted by Crippen LogP contribution is -2.10. The van der Waals surface area contributed by atoms with Crippen molar-refractivity contribution in [2.45, 2.75) is 0 Å². The smallest absolute Gasteiger partial charge is 0.0547 e. The van der Waals surface area contributed by atoms with Crippen LogP contribution in [0, 0.1) is 0 Å². The van der Waals surface area contributed by atoms with Crippen LogP contribution in [0.15, 0.2) is 243 Å². The fourth-order valence-corrected chi connectivity index (χ4v) is 8.75. The highest BCUT2D eigenvalue weighted by molar-refractivity contribution is 6.13. The molecule has 0 aliphatic carbocycles. The zero-order valence-corrected chi connectivity index (χ0v) is 33.0. The summed E-state index contributed by atoms with van der Waals surface area (Å²) in [6, 6.07) is 87.9. The number of fused-ring (bicyclic) bond motifs is 4. The Morgan fingerprint density at radius 2 is 0.700 bits per heavy atom. The number of para-hydroxylation sites is 1. The second kappa shape index (κ2) is 15.1. The minimum absolute atomic E-state index is 1.08. The molecular formula is C58H40N2. The van der Waals surface area contributed by atoms with Crippen LogP contribution in [0.25, 0.3) is 82.8 Å². The van der Waals surface area contributed by atoms with Gasteiger partial charge in [-0.05, 0) is 116 Å². The lowest BCUT2D eigenvalue weighted by molar-refractivity contribution is 1.17. The van der Waals surface area contributed by atoms with Crippen molar-refractivity contribution in [3.05, 3.63) is 243 Å². The van der Waals surface area contributed by atoms with Gasteiger partial charge in [-0.25, -0.2) is 0 Å². The Labute approximate surface area is 350 Å². The molecule has 2 heteroatoms. The van der Waals surface area contributed by atoms with Crippen molar-refractivity contribution in [3.63, 3.8) is 0 Å². The monoisotopic (exact) mass is 764 g/mol. The molecule has 0 atom stereocenters. The summed E-state index contributed by atoms with van der Waals surface area (Å²) < 4.78 is 2.42. The van der Waals surface area contributed by atoms with Crippen molar-refractivity contribution >= 4 is 49.6 Å². The summed E-state index contributed by atoms with van der Waals surface area (Å²) in [6.45, 7) is 0. The Bertz CT molecular complexity index is 3270. The van der Waals surface area contributed by atoms with Crippen LogP contribution < -0.4 is 4.90 Å². The first-order valence-electron chi connectivity index (χ1n) is 20.6. The van der Waals surface area contributed by atoms with Gasteiger partial charge in [0, 0.05) is 33.5 Å². The van der Waals surface area contributed by atoms with E-state index in [1.165, 1.54) is 71.5 Å². The van der Waals surface area contributed by atoms with Crippen LogP contribution in [0.5, 0.6) is 0 Å². The van der Waals surface area contributed by atoms with Gasteiger partial charge in [0.15, 0.2) is 0 Å². The van der Waals surface area contributed by atoms with Gasteiger partial charge in [-0.2, -0.15) is 0 Å². The van der Waals surface area contributed by atoms with Crippen LogP contribution in [0.1, 0.15) is 0 Å². The first-order valence-corrected chi connectivity index (χ1v) is 20.6. The highest BCUT2D eigenvalue weighted by Gasteiger charge is 2.18. The van der Waals surface area contributed by atoms with E-state index in [1.807, 2.05) is 0 Å². The molecule has 0 radical (unpaired) electrons. The van der Waals surface area contributed by atoms with E-state index < -0.39 is 0 Å². The molecule has 0 aliphatic heterocycles. The third kappa shape index (κ3) is 6.51. The van der Waals surface area contributed by atoms with E-state index in [0.717, 1.165) is 28.3 Å². The number of hydrogen-bond donors (Lipinski definition) is 0. The van der Waals surface area contributed by atoms with Gasteiger partial charge in [0.2, 0.25) is 0 Å². The molecule has 0 spiro atoms. The van der Waals surface area contributed by atoms with Crippen LogP contribution in [0.2, 0.25) is 0 Å². The van der Waals surface area contributed by atoms with Crippen LogP contribution in [-0.2, 0) is 0 Å². The fraction of sp³-hybridized carbons (Fsp3) is 0. The highest BCUT2D eigenvalue weighted by atomic mass is 15.1. The molecule has 11 aromatic rings. The summed E-state index contributed by atoms with van der Waals surface area (Å²) in [4.78, 5) is 2.39.